The van der Waals surface area contributed by atoms with Crippen LogP contribution >= 0.6 is 0 Å². The van der Waals surface area contributed by atoms with Crippen LogP contribution in [-0.2, 0) is 10.0 Å². The Balaban J connectivity index is 0. The van der Waals surface area contributed by atoms with E-state index in [0.717, 1.165) is 6.26 Å². The van der Waals surface area contributed by atoms with Crippen LogP contribution in [0.2, 0.25) is 0 Å². The van der Waals surface area contributed by atoms with Crippen molar-refractivity contribution in [2.24, 2.45) is 0 Å². The van der Waals surface area contributed by atoms with Gasteiger partial charge >= 0.3 is 18.9 Å². The van der Waals surface area contributed by atoms with E-state index in [-0.39, 0.29) is 18.9 Å². The third-order valence-electron chi connectivity index (χ3n) is 0.140. The molecule has 40 valence electrons. The molecule has 0 aliphatic heterocycles. The molecule has 0 saturated heterocycles. The topological polar surface area (TPSA) is 46.2 Å². The second-order valence-corrected chi connectivity index (χ2v) is 2.55. The van der Waals surface area contributed by atoms with Gasteiger partial charge in [-0.2, -0.15) is 0 Å². The van der Waals surface area contributed by atoms with E-state index in [1.54, 1.807) is 0 Å². The number of nitrogens with one attached hydrogen (secondary N) is 1. The van der Waals surface area contributed by atoms with Crippen LogP contribution < -0.4 is 4.94 Å². The minimum absolute atomic E-state index is 0. The molecular weight excluding hydrogens is 116 g/mol. The van der Waals surface area contributed by atoms with Gasteiger partial charge in [-0.3, -0.25) is 0 Å². The van der Waals surface area contributed by atoms with Gasteiger partial charge in [-0.25, -0.2) is 8.42 Å². The molecule has 3 nitrogen and oxygen atoms in total. The molecular formula is CH5FLiNO2S. The minimum atomic E-state index is -3.58. The van der Waals surface area contributed by atoms with Gasteiger partial charge in [0.05, 0.1) is 6.26 Å². The van der Waals surface area contributed by atoms with Crippen molar-refractivity contribution in [3.63, 3.8) is 0 Å². The molecule has 0 radical (unpaired) electrons. The second kappa shape index (κ2) is 3.44. The molecule has 0 heterocycles. The second-order valence-electron chi connectivity index (χ2n) is 0.849. The zero-order chi connectivity index (χ0) is 5.21. The van der Waals surface area contributed by atoms with Crippen molar-refractivity contribution in [1.82, 2.24) is 4.94 Å². The number of hydrogen-bond acceptors (Lipinski definition) is 2. The Kier molecular flexibility index (Phi) is 5.12. The molecule has 1 N–H and O–H groups in total. The molecule has 0 aromatic rings. The molecule has 7 heavy (non-hydrogen) atoms. The molecule has 0 bridgehead atoms. The van der Waals surface area contributed by atoms with E-state index >= 15 is 0 Å². The standard InChI is InChI=1S/CH4FNO2S.Li.H/c1-6(4,5)3-2;;/h3H,1H3;;. The Bertz CT molecular complexity index is 120. The van der Waals surface area contributed by atoms with E-state index in [4.69, 9.17) is 0 Å². The van der Waals surface area contributed by atoms with E-state index in [2.05, 4.69) is 0 Å². The maximum atomic E-state index is 10.7. The zero-order valence-corrected chi connectivity index (χ0v) is 3.92. The van der Waals surface area contributed by atoms with E-state index in [1.807, 2.05) is 0 Å². The molecule has 0 saturated carbocycles. The average Bonchev–Trinajstić information content (AvgIpc) is 1.35. The number of rotatable bonds is 1. The Morgan fingerprint density at radius 3 is 1.71 bits per heavy atom. The van der Waals surface area contributed by atoms with Crippen LogP contribution in [0.1, 0.15) is 0 Å². The van der Waals surface area contributed by atoms with Crippen molar-refractivity contribution < 1.29 is 12.9 Å². The SMILES string of the molecule is CS(=O)(=O)NF.[LiH]. The van der Waals surface area contributed by atoms with Crippen LogP contribution in [0.5, 0.6) is 0 Å². The summed E-state index contributed by atoms with van der Waals surface area (Å²) in [5.41, 5.74) is 0. The Morgan fingerprint density at radius 1 is 1.57 bits per heavy atom. The van der Waals surface area contributed by atoms with Crippen LogP contribution in [-0.4, -0.2) is 33.5 Å². The van der Waals surface area contributed by atoms with Crippen LogP contribution in [0, 0.1) is 0 Å². The molecule has 0 fully saturated rings. The summed E-state index contributed by atoms with van der Waals surface area (Å²) < 4.78 is 29.7. The third-order valence-corrected chi connectivity index (χ3v) is 0.420. The number of sulfonamides is 1. The molecule has 0 spiro atoms. The molecule has 0 aliphatic rings. The van der Waals surface area contributed by atoms with Gasteiger partial charge in [0.2, 0.25) is 10.0 Å². The van der Waals surface area contributed by atoms with Gasteiger partial charge in [-0.15, -0.1) is 4.48 Å². The fraction of sp³-hybridized carbons (Fsp3) is 1.00. The Morgan fingerprint density at radius 2 is 1.71 bits per heavy atom. The van der Waals surface area contributed by atoms with Gasteiger partial charge in [-0.05, 0) is 0 Å². The predicted octanol–water partition coefficient (Wildman–Crippen LogP) is -1.23. The first-order chi connectivity index (χ1) is 2.56. The van der Waals surface area contributed by atoms with Crippen LogP contribution in [0.4, 0.5) is 4.48 Å². The summed E-state index contributed by atoms with van der Waals surface area (Å²) in [7, 11) is -3.58. The fourth-order valence-electron chi connectivity index (χ4n) is 0. The van der Waals surface area contributed by atoms with Gasteiger partial charge in [-0.1, -0.05) is 4.94 Å². The van der Waals surface area contributed by atoms with Crippen molar-refractivity contribution in [2.45, 2.75) is 0 Å². The number of halogens is 1. The monoisotopic (exact) mass is 121 g/mol. The fourth-order valence-corrected chi connectivity index (χ4v) is 0. The zero-order valence-electron chi connectivity index (χ0n) is 3.10. The summed E-state index contributed by atoms with van der Waals surface area (Å²) in [4.78, 5) is 0.576. The summed E-state index contributed by atoms with van der Waals surface area (Å²) in [6, 6.07) is 0. The molecule has 0 aromatic heterocycles. The van der Waals surface area contributed by atoms with E-state index < -0.39 is 10.0 Å². The molecule has 0 aromatic carbocycles. The summed E-state index contributed by atoms with van der Waals surface area (Å²) in [6.45, 7) is 0. The van der Waals surface area contributed by atoms with Gasteiger partial charge in [0.25, 0.3) is 0 Å². The Labute approximate surface area is 53.4 Å². The summed E-state index contributed by atoms with van der Waals surface area (Å²) >= 11 is 0. The normalized spacial score (nSPS) is 10.0. The van der Waals surface area contributed by atoms with Gasteiger partial charge < -0.3 is 0 Å². The molecule has 6 heteroatoms. The van der Waals surface area contributed by atoms with Gasteiger partial charge in [0, 0.05) is 0 Å². The van der Waals surface area contributed by atoms with E-state index in [0.29, 0.717) is 4.94 Å². The van der Waals surface area contributed by atoms with Crippen molar-refractivity contribution in [3.8, 4) is 0 Å². The van der Waals surface area contributed by atoms with Crippen LogP contribution in [0.3, 0.4) is 0 Å². The molecule has 0 amide bonds. The number of hydrogen-bond donors (Lipinski definition) is 1. The van der Waals surface area contributed by atoms with Gasteiger partial charge in [0.15, 0.2) is 0 Å². The first-order valence-corrected chi connectivity index (χ1v) is 3.03. The van der Waals surface area contributed by atoms with Crippen molar-refractivity contribution >= 4 is 28.9 Å². The average molecular weight is 121 g/mol. The van der Waals surface area contributed by atoms with E-state index in [9.17, 15) is 12.9 Å². The predicted molar refractivity (Wildman–Crippen MR) is 26.2 cm³/mol. The van der Waals surface area contributed by atoms with Crippen molar-refractivity contribution in [3.05, 3.63) is 0 Å². The summed E-state index contributed by atoms with van der Waals surface area (Å²) in [6.07, 6.45) is 0.729. The molecule has 0 atom stereocenters. The first-order valence-electron chi connectivity index (χ1n) is 1.13. The van der Waals surface area contributed by atoms with Crippen molar-refractivity contribution in [1.29, 1.82) is 0 Å². The van der Waals surface area contributed by atoms with Crippen molar-refractivity contribution in [2.75, 3.05) is 6.26 Å². The van der Waals surface area contributed by atoms with E-state index in [1.165, 1.54) is 0 Å². The van der Waals surface area contributed by atoms with Crippen LogP contribution in [0.25, 0.3) is 0 Å². The molecule has 0 aliphatic carbocycles. The molecule has 0 rings (SSSR count). The summed E-state index contributed by atoms with van der Waals surface area (Å²) in [5.74, 6) is 0. The third kappa shape index (κ3) is 10.7. The van der Waals surface area contributed by atoms with Gasteiger partial charge in [0.1, 0.15) is 0 Å². The first kappa shape index (κ1) is 10.4. The Hall–Kier alpha value is 0.437. The maximum absolute atomic E-state index is 10.7. The quantitative estimate of drug-likeness (QED) is 0.349. The van der Waals surface area contributed by atoms with Crippen LogP contribution in [0.15, 0.2) is 0 Å². The molecule has 0 unspecified atom stereocenters. The summed E-state index contributed by atoms with van der Waals surface area (Å²) in [5, 5.41) is 0.